The Kier molecular flexibility index (Phi) is 3.17. The summed E-state index contributed by atoms with van der Waals surface area (Å²) in [6, 6.07) is 0. The van der Waals surface area contributed by atoms with E-state index in [0.717, 1.165) is 13.1 Å². The Balaban J connectivity index is 2.21. The molecule has 0 bridgehead atoms. The van der Waals surface area contributed by atoms with Crippen LogP contribution < -0.4 is 5.32 Å². The molecule has 82 valence electrons. The maximum Gasteiger partial charge on any atom is 0.332 e. The van der Waals surface area contributed by atoms with Gasteiger partial charge in [0.25, 0.3) is 0 Å². The fraction of sp³-hybridized carbons (Fsp3) is 0.900. The van der Waals surface area contributed by atoms with Crippen molar-refractivity contribution in [3.05, 3.63) is 0 Å². The highest BCUT2D eigenvalue weighted by molar-refractivity contribution is 5.71. The highest BCUT2D eigenvalue weighted by Gasteiger charge is 2.33. The number of carbonyl (C=O) groups excluding carboxylic acids is 1. The topological polar surface area (TPSA) is 47.6 Å². The third-order valence-corrected chi connectivity index (χ3v) is 1.96. The number of hydrogen-bond donors (Lipinski definition) is 1. The lowest BCUT2D eigenvalue weighted by Crippen LogP contribution is -2.59. The van der Waals surface area contributed by atoms with E-state index in [1.165, 1.54) is 0 Å². The van der Waals surface area contributed by atoms with Crippen molar-refractivity contribution in [2.45, 2.75) is 38.9 Å². The second-order valence-electron chi connectivity index (χ2n) is 4.93. The maximum absolute atomic E-state index is 11.3. The molecule has 1 saturated heterocycles. The summed E-state index contributed by atoms with van der Waals surface area (Å²) in [7, 11) is 0. The molecular weight excluding hydrogens is 182 g/mol. The van der Waals surface area contributed by atoms with Crippen molar-refractivity contribution < 1.29 is 14.3 Å². The Morgan fingerprint density at radius 3 is 2.36 bits per heavy atom. The van der Waals surface area contributed by atoms with Gasteiger partial charge in [0.15, 0.2) is 0 Å². The van der Waals surface area contributed by atoms with Gasteiger partial charge in [0.05, 0.1) is 5.60 Å². The molecule has 1 N–H and O–H groups in total. The summed E-state index contributed by atoms with van der Waals surface area (Å²) >= 11 is 0. The predicted molar refractivity (Wildman–Crippen MR) is 53.1 cm³/mol. The Hall–Kier alpha value is -0.610. The SMILES string of the molecule is CC(C)(C)OC(=O)COC1(C)CNC1. The van der Waals surface area contributed by atoms with Crippen LogP contribution in [0.3, 0.4) is 0 Å². The lowest BCUT2D eigenvalue weighted by Gasteiger charge is -2.38. The van der Waals surface area contributed by atoms with Crippen molar-refractivity contribution in [3.63, 3.8) is 0 Å². The van der Waals surface area contributed by atoms with Gasteiger partial charge in [-0.15, -0.1) is 0 Å². The van der Waals surface area contributed by atoms with Crippen LogP contribution in [0.1, 0.15) is 27.7 Å². The Morgan fingerprint density at radius 1 is 1.43 bits per heavy atom. The summed E-state index contributed by atoms with van der Waals surface area (Å²) in [5.41, 5.74) is -0.615. The van der Waals surface area contributed by atoms with E-state index >= 15 is 0 Å². The van der Waals surface area contributed by atoms with Gasteiger partial charge in [-0.05, 0) is 27.7 Å². The molecule has 0 amide bonds. The van der Waals surface area contributed by atoms with E-state index in [1.807, 2.05) is 27.7 Å². The fourth-order valence-corrected chi connectivity index (χ4v) is 1.18. The summed E-state index contributed by atoms with van der Waals surface area (Å²) in [5, 5.41) is 3.10. The minimum atomic E-state index is -0.431. The largest absolute Gasteiger partial charge is 0.458 e. The zero-order chi connectivity index (χ0) is 10.8. The minimum Gasteiger partial charge on any atom is -0.458 e. The van der Waals surface area contributed by atoms with E-state index in [0.29, 0.717) is 0 Å². The van der Waals surface area contributed by atoms with Gasteiger partial charge >= 0.3 is 5.97 Å². The molecule has 0 unspecified atom stereocenters. The second-order valence-corrected chi connectivity index (χ2v) is 4.93. The first-order valence-corrected chi connectivity index (χ1v) is 4.87. The molecular formula is C10H19NO3. The van der Waals surface area contributed by atoms with Gasteiger partial charge in [0, 0.05) is 13.1 Å². The Bertz CT molecular complexity index is 216. The van der Waals surface area contributed by atoms with E-state index < -0.39 is 5.60 Å². The maximum atomic E-state index is 11.3. The number of esters is 1. The van der Waals surface area contributed by atoms with E-state index in [9.17, 15) is 4.79 Å². The normalized spacial score (nSPS) is 20.0. The fourth-order valence-electron chi connectivity index (χ4n) is 1.18. The first-order valence-electron chi connectivity index (χ1n) is 4.87. The number of rotatable bonds is 3. The van der Waals surface area contributed by atoms with Crippen LogP contribution in [0.4, 0.5) is 0 Å². The van der Waals surface area contributed by atoms with Crippen molar-refractivity contribution in [2.24, 2.45) is 0 Å². The molecule has 0 aromatic carbocycles. The Morgan fingerprint density at radius 2 is 2.00 bits per heavy atom. The molecule has 1 fully saturated rings. The first-order chi connectivity index (χ1) is 6.31. The van der Waals surface area contributed by atoms with Gasteiger partial charge in [-0.3, -0.25) is 0 Å². The zero-order valence-electron chi connectivity index (χ0n) is 9.35. The molecule has 0 aliphatic carbocycles. The van der Waals surface area contributed by atoms with Crippen LogP contribution in [0.2, 0.25) is 0 Å². The highest BCUT2D eigenvalue weighted by Crippen LogP contribution is 2.15. The minimum absolute atomic E-state index is 0.0372. The van der Waals surface area contributed by atoms with Gasteiger partial charge in [0.1, 0.15) is 12.2 Å². The van der Waals surface area contributed by atoms with Crippen LogP contribution in [0.25, 0.3) is 0 Å². The lowest BCUT2D eigenvalue weighted by atomic mass is 10.0. The lowest BCUT2D eigenvalue weighted by molar-refractivity contribution is -0.169. The van der Waals surface area contributed by atoms with E-state index in [1.54, 1.807) is 0 Å². The average molecular weight is 201 g/mol. The number of nitrogens with one attached hydrogen (secondary N) is 1. The van der Waals surface area contributed by atoms with Crippen molar-refractivity contribution in [1.82, 2.24) is 5.32 Å². The summed E-state index contributed by atoms with van der Waals surface area (Å²) < 4.78 is 10.6. The van der Waals surface area contributed by atoms with Gasteiger partial charge < -0.3 is 14.8 Å². The number of carbonyl (C=O) groups is 1. The monoisotopic (exact) mass is 201 g/mol. The molecule has 1 rings (SSSR count). The van der Waals surface area contributed by atoms with Crippen LogP contribution in [0.5, 0.6) is 0 Å². The highest BCUT2D eigenvalue weighted by atomic mass is 16.6. The summed E-state index contributed by atoms with van der Waals surface area (Å²) in [6.45, 7) is 9.15. The van der Waals surface area contributed by atoms with Gasteiger partial charge in [-0.2, -0.15) is 0 Å². The summed E-state index contributed by atoms with van der Waals surface area (Å²) in [4.78, 5) is 11.3. The summed E-state index contributed by atoms with van der Waals surface area (Å²) in [6.07, 6.45) is 0. The molecule has 0 aromatic rings. The van der Waals surface area contributed by atoms with Crippen molar-refractivity contribution >= 4 is 5.97 Å². The molecule has 4 nitrogen and oxygen atoms in total. The van der Waals surface area contributed by atoms with Gasteiger partial charge in [-0.1, -0.05) is 0 Å². The van der Waals surface area contributed by atoms with Crippen LogP contribution in [-0.2, 0) is 14.3 Å². The predicted octanol–water partition coefficient (Wildman–Crippen LogP) is 0.707. The molecule has 0 radical (unpaired) electrons. The summed E-state index contributed by atoms with van der Waals surface area (Å²) in [5.74, 6) is -0.300. The average Bonchev–Trinajstić information content (AvgIpc) is 1.94. The molecule has 1 aliphatic rings. The molecule has 0 atom stereocenters. The standard InChI is InChI=1S/C10H19NO3/c1-9(2,3)14-8(12)5-13-10(4)6-11-7-10/h11H,5-7H2,1-4H3. The Labute approximate surface area is 85.0 Å². The molecule has 14 heavy (non-hydrogen) atoms. The molecule has 0 aromatic heterocycles. The third-order valence-electron chi connectivity index (χ3n) is 1.96. The van der Waals surface area contributed by atoms with Crippen LogP contribution >= 0.6 is 0 Å². The van der Waals surface area contributed by atoms with E-state index in [4.69, 9.17) is 9.47 Å². The number of hydrogen-bond acceptors (Lipinski definition) is 4. The van der Waals surface area contributed by atoms with Gasteiger partial charge in [-0.25, -0.2) is 4.79 Å². The van der Waals surface area contributed by atoms with Crippen molar-refractivity contribution in [1.29, 1.82) is 0 Å². The van der Waals surface area contributed by atoms with Crippen LogP contribution in [0.15, 0.2) is 0 Å². The zero-order valence-corrected chi connectivity index (χ0v) is 9.35. The second kappa shape index (κ2) is 3.87. The molecule has 0 saturated carbocycles. The van der Waals surface area contributed by atoms with Gasteiger partial charge in [0.2, 0.25) is 0 Å². The van der Waals surface area contributed by atoms with Crippen molar-refractivity contribution in [3.8, 4) is 0 Å². The molecule has 1 aliphatic heterocycles. The van der Waals surface area contributed by atoms with Crippen LogP contribution in [-0.4, -0.2) is 36.9 Å². The molecule has 1 heterocycles. The molecule has 4 heteroatoms. The van der Waals surface area contributed by atoms with Crippen LogP contribution in [0, 0.1) is 0 Å². The molecule has 0 spiro atoms. The number of ether oxygens (including phenoxy) is 2. The van der Waals surface area contributed by atoms with E-state index in [2.05, 4.69) is 5.32 Å². The first kappa shape index (κ1) is 11.5. The smallest absolute Gasteiger partial charge is 0.332 e. The van der Waals surface area contributed by atoms with E-state index in [-0.39, 0.29) is 18.2 Å². The van der Waals surface area contributed by atoms with Crippen molar-refractivity contribution in [2.75, 3.05) is 19.7 Å². The quantitative estimate of drug-likeness (QED) is 0.683. The third kappa shape index (κ3) is 3.64.